The van der Waals surface area contributed by atoms with Gasteiger partial charge in [-0.2, -0.15) is 0 Å². The molecule has 0 unspecified atom stereocenters. The van der Waals surface area contributed by atoms with Crippen LogP contribution >= 0.6 is 11.6 Å². The molecule has 0 bridgehead atoms. The number of rotatable bonds is 5. The Morgan fingerprint density at radius 2 is 1.76 bits per heavy atom. The number of amides is 1. The number of hydrogen-bond donors (Lipinski definition) is 3. The second-order valence-corrected chi connectivity index (χ2v) is 9.81. The minimum Gasteiger partial charge on any atom is -0.506 e. The zero-order valence-corrected chi connectivity index (χ0v) is 19.6. The van der Waals surface area contributed by atoms with Gasteiger partial charge in [0.05, 0.1) is 17.5 Å². The van der Waals surface area contributed by atoms with Gasteiger partial charge in [-0.1, -0.05) is 17.7 Å². The first-order chi connectivity index (χ1) is 16.1. The van der Waals surface area contributed by atoms with E-state index in [1.807, 2.05) is 6.92 Å². The molecule has 0 aliphatic heterocycles. The maximum absolute atomic E-state index is 13.1. The number of carbonyl (C=O) groups excluding carboxylic acids is 1. The fraction of sp³-hybridized carbons (Fsp3) is 0.0833. The maximum Gasteiger partial charge on any atom is 0.271 e. The number of halogens is 1. The zero-order chi connectivity index (χ0) is 24.6. The third-order valence-corrected chi connectivity index (χ3v) is 7.34. The van der Waals surface area contributed by atoms with Gasteiger partial charge in [-0.3, -0.25) is 9.59 Å². The Balaban J connectivity index is 1.75. The number of aryl methyl sites for hydroxylation is 1. The maximum atomic E-state index is 13.1. The number of aromatic amines is 1. The summed E-state index contributed by atoms with van der Waals surface area (Å²) in [4.78, 5) is 27.0. The quantitative estimate of drug-likeness (QED) is 0.377. The molecule has 0 radical (unpaired) electrons. The minimum absolute atomic E-state index is 0.0715. The van der Waals surface area contributed by atoms with Crippen LogP contribution in [0.3, 0.4) is 0 Å². The summed E-state index contributed by atoms with van der Waals surface area (Å²) in [5.41, 5.74) is 0.608. The Morgan fingerprint density at radius 3 is 2.44 bits per heavy atom. The highest BCUT2D eigenvalue weighted by Crippen LogP contribution is 2.32. The fourth-order valence-electron chi connectivity index (χ4n) is 3.45. The van der Waals surface area contributed by atoms with Crippen molar-refractivity contribution in [3.05, 3.63) is 87.2 Å². The van der Waals surface area contributed by atoms with E-state index in [9.17, 15) is 23.1 Å². The van der Waals surface area contributed by atoms with Crippen molar-refractivity contribution in [1.82, 2.24) is 4.98 Å². The normalized spacial score (nSPS) is 11.4. The fourth-order valence-corrected chi connectivity index (χ4v) is 5.01. The third-order valence-electron chi connectivity index (χ3n) is 5.29. The van der Waals surface area contributed by atoms with Gasteiger partial charge in [-0.05, 0) is 67.1 Å². The number of fused-ring (bicyclic) bond motifs is 1. The van der Waals surface area contributed by atoms with E-state index in [0.29, 0.717) is 16.5 Å². The summed E-state index contributed by atoms with van der Waals surface area (Å²) in [7, 11) is -2.90. The first-order valence-corrected chi connectivity index (χ1v) is 11.8. The number of pyridine rings is 1. The summed E-state index contributed by atoms with van der Waals surface area (Å²) in [5, 5.41) is 14.0. The average molecular weight is 499 g/mol. The molecule has 34 heavy (non-hydrogen) atoms. The highest BCUT2D eigenvalue weighted by atomic mass is 35.5. The molecule has 1 heterocycles. The Kier molecular flexibility index (Phi) is 6.07. The Hall–Kier alpha value is -3.82. The van der Waals surface area contributed by atoms with Crippen molar-refractivity contribution >= 4 is 43.9 Å². The van der Waals surface area contributed by atoms with Crippen LogP contribution in [0, 0.1) is 6.92 Å². The molecular weight excluding hydrogens is 480 g/mol. The van der Waals surface area contributed by atoms with Gasteiger partial charge in [0.1, 0.15) is 11.5 Å². The molecule has 10 heteroatoms. The van der Waals surface area contributed by atoms with Crippen molar-refractivity contribution in [3.63, 3.8) is 0 Å². The molecule has 0 atom stereocenters. The molecule has 4 aromatic rings. The minimum atomic E-state index is -4.33. The van der Waals surface area contributed by atoms with Crippen molar-refractivity contribution in [2.24, 2.45) is 0 Å². The standard InChI is InChI=1S/C24H19ClN2O6S/c1-13-3-5-15(25)12-19(13)26-23(29)14-4-10-18-20(11-14)27-24(30)22(21(18)28)34(31,32)17-8-6-16(33-2)7-9-17/h3-12H,1-2H3,(H,26,29)(H2,27,28,30). The molecule has 3 N–H and O–H groups in total. The van der Waals surface area contributed by atoms with E-state index in [1.165, 1.54) is 49.6 Å². The molecule has 174 valence electrons. The van der Waals surface area contributed by atoms with E-state index in [0.717, 1.165) is 5.56 Å². The average Bonchev–Trinajstić information content (AvgIpc) is 2.81. The molecule has 0 saturated carbocycles. The first-order valence-electron chi connectivity index (χ1n) is 9.97. The molecular formula is C24H19ClN2O6S. The summed E-state index contributed by atoms with van der Waals surface area (Å²) in [6.07, 6.45) is 0. The number of carbonyl (C=O) groups is 1. The lowest BCUT2D eigenvalue weighted by Gasteiger charge is -2.11. The van der Waals surface area contributed by atoms with Gasteiger partial charge >= 0.3 is 0 Å². The van der Waals surface area contributed by atoms with Crippen LogP contribution in [0.25, 0.3) is 10.9 Å². The summed E-state index contributed by atoms with van der Waals surface area (Å²) >= 11 is 6.00. The monoisotopic (exact) mass is 498 g/mol. The number of hydrogen-bond acceptors (Lipinski definition) is 6. The predicted molar refractivity (Wildman–Crippen MR) is 129 cm³/mol. The van der Waals surface area contributed by atoms with Crippen LogP contribution in [0.5, 0.6) is 11.5 Å². The number of H-pyrrole nitrogens is 1. The zero-order valence-electron chi connectivity index (χ0n) is 18.0. The van der Waals surface area contributed by atoms with Crippen molar-refractivity contribution in [2.75, 3.05) is 12.4 Å². The number of ether oxygens (including phenoxy) is 1. The van der Waals surface area contributed by atoms with Crippen LogP contribution in [-0.2, 0) is 9.84 Å². The Labute approximate surface area is 199 Å². The van der Waals surface area contributed by atoms with Crippen molar-refractivity contribution in [3.8, 4) is 11.5 Å². The number of aromatic nitrogens is 1. The predicted octanol–water partition coefficient (Wildman–Crippen LogP) is 4.29. The second-order valence-electron chi connectivity index (χ2n) is 7.48. The van der Waals surface area contributed by atoms with Crippen LogP contribution in [0.2, 0.25) is 5.02 Å². The summed E-state index contributed by atoms with van der Waals surface area (Å²) in [5.74, 6) is -0.732. The molecule has 0 aliphatic carbocycles. The van der Waals surface area contributed by atoms with E-state index in [1.54, 1.807) is 18.2 Å². The van der Waals surface area contributed by atoms with E-state index in [4.69, 9.17) is 16.3 Å². The highest BCUT2D eigenvalue weighted by molar-refractivity contribution is 7.91. The number of aromatic hydroxyl groups is 1. The molecule has 0 saturated heterocycles. The van der Waals surface area contributed by atoms with Crippen LogP contribution in [-0.4, -0.2) is 31.5 Å². The molecule has 1 aromatic heterocycles. The molecule has 0 spiro atoms. The van der Waals surface area contributed by atoms with E-state index in [2.05, 4.69) is 10.3 Å². The van der Waals surface area contributed by atoms with Gasteiger partial charge < -0.3 is 20.1 Å². The number of methoxy groups -OCH3 is 1. The van der Waals surface area contributed by atoms with Crippen molar-refractivity contribution < 1.29 is 23.1 Å². The molecule has 4 rings (SSSR count). The van der Waals surface area contributed by atoms with E-state index < -0.39 is 31.9 Å². The summed E-state index contributed by atoms with van der Waals surface area (Å²) in [6, 6.07) is 14.6. The molecule has 0 fully saturated rings. The number of benzene rings is 3. The van der Waals surface area contributed by atoms with Crippen LogP contribution in [0.4, 0.5) is 5.69 Å². The van der Waals surface area contributed by atoms with Crippen molar-refractivity contribution in [1.29, 1.82) is 0 Å². The van der Waals surface area contributed by atoms with Crippen LogP contribution < -0.4 is 15.6 Å². The molecule has 0 aliphatic rings. The lowest BCUT2D eigenvalue weighted by Crippen LogP contribution is -2.19. The van der Waals surface area contributed by atoms with Gasteiger partial charge in [0.15, 0.2) is 4.90 Å². The van der Waals surface area contributed by atoms with Crippen LogP contribution in [0.1, 0.15) is 15.9 Å². The molecule has 8 nitrogen and oxygen atoms in total. The van der Waals surface area contributed by atoms with Gasteiger partial charge in [0.2, 0.25) is 9.84 Å². The van der Waals surface area contributed by atoms with Gasteiger partial charge in [0, 0.05) is 21.7 Å². The third kappa shape index (κ3) is 4.23. The number of sulfone groups is 1. The van der Waals surface area contributed by atoms with E-state index >= 15 is 0 Å². The highest BCUT2D eigenvalue weighted by Gasteiger charge is 2.27. The lowest BCUT2D eigenvalue weighted by molar-refractivity contribution is 0.102. The van der Waals surface area contributed by atoms with E-state index in [-0.39, 0.29) is 21.4 Å². The SMILES string of the molecule is COc1ccc(S(=O)(=O)c2c(O)c3ccc(C(=O)Nc4cc(Cl)ccc4C)cc3[nH]c2=O)cc1. The van der Waals surface area contributed by atoms with Crippen molar-refractivity contribution in [2.45, 2.75) is 16.7 Å². The Bertz CT molecular complexity index is 1590. The lowest BCUT2D eigenvalue weighted by atomic mass is 10.1. The van der Waals surface area contributed by atoms with Gasteiger partial charge in [-0.25, -0.2) is 8.42 Å². The Morgan fingerprint density at radius 1 is 1.06 bits per heavy atom. The van der Waals surface area contributed by atoms with Crippen LogP contribution in [0.15, 0.2) is 75.2 Å². The molecule has 3 aromatic carbocycles. The first kappa shape index (κ1) is 23.3. The smallest absolute Gasteiger partial charge is 0.271 e. The second kappa shape index (κ2) is 8.85. The number of anilines is 1. The number of nitrogens with one attached hydrogen (secondary N) is 2. The summed E-state index contributed by atoms with van der Waals surface area (Å²) < 4.78 is 31.1. The van der Waals surface area contributed by atoms with Gasteiger partial charge in [0.25, 0.3) is 11.5 Å². The topological polar surface area (TPSA) is 126 Å². The molecule has 1 amide bonds. The summed E-state index contributed by atoms with van der Waals surface area (Å²) in [6.45, 7) is 1.81. The largest absolute Gasteiger partial charge is 0.506 e. The van der Waals surface area contributed by atoms with Gasteiger partial charge in [-0.15, -0.1) is 0 Å².